The lowest BCUT2D eigenvalue weighted by atomic mass is 10.2. The van der Waals surface area contributed by atoms with Gasteiger partial charge in [-0.05, 0) is 54.1 Å². The molecule has 0 fully saturated rings. The Labute approximate surface area is 198 Å². The number of nitrogens with one attached hydrogen (secondary N) is 2. The lowest BCUT2D eigenvalue weighted by molar-refractivity contribution is -0.120. The van der Waals surface area contributed by atoms with Crippen molar-refractivity contribution in [2.24, 2.45) is 0 Å². The fourth-order valence-electron chi connectivity index (χ4n) is 3.00. The van der Waals surface area contributed by atoms with Crippen LogP contribution in [0.5, 0.6) is 11.5 Å². The van der Waals surface area contributed by atoms with Gasteiger partial charge in [0, 0.05) is 11.9 Å². The summed E-state index contributed by atoms with van der Waals surface area (Å²) in [5.41, 5.74) is 1.29. The third-order valence-electron chi connectivity index (χ3n) is 4.69. The van der Waals surface area contributed by atoms with E-state index in [2.05, 4.69) is 15.6 Å². The zero-order valence-corrected chi connectivity index (χ0v) is 18.6. The Morgan fingerprint density at radius 1 is 0.912 bits per heavy atom. The molecular formula is C25H19F2N3O3S. The lowest BCUT2D eigenvalue weighted by Crippen LogP contribution is -2.24. The topological polar surface area (TPSA) is 80.3 Å². The highest BCUT2D eigenvalue weighted by Gasteiger charge is 2.14. The number of halogens is 2. The number of benzene rings is 3. The first kappa shape index (κ1) is 23.1. The number of hydrogen-bond acceptors (Lipinski definition) is 5. The van der Waals surface area contributed by atoms with Gasteiger partial charge in [-0.1, -0.05) is 24.3 Å². The van der Waals surface area contributed by atoms with E-state index in [0.717, 1.165) is 16.9 Å². The first-order valence-corrected chi connectivity index (χ1v) is 11.1. The molecule has 1 heterocycles. The molecule has 172 valence electrons. The minimum absolute atomic E-state index is 0.0395. The Morgan fingerprint density at radius 2 is 1.59 bits per heavy atom. The Kier molecular flexibility index (Phi) is 7.24. The Bertz CT molecular complexity index is 1290. The molecule has 6 nitrogen and oxygen atoms in total. The van der Waals surface area contributed by atoms with Crippen LogP contribution in [0.4, 0.5) is 13.9 Å². The first-order valence-electron chi connectivity index (χ1n) is 10.3. The highest BCUT2D eigenvalue weighted by atomic mass is 32.1. The van der Waals surface area contributed by atoms with E-state index in [1.165, 1.54) is 30.3 Å². The molecule has 0 saturated heterocycles. The third-order valence-corrected chi connectivity index (χ3v) is 5.50. The molecule has 1 aromatic heterocycles. The molecule has 0 radical (unpaired) electrons. The van der Waals surface area contributed by atoms with Gasteiger partial charge in [0.1, 0.15) is 23.1 Å². The van der Waals surface area contributed by atoms with E-state index in [1.54, 1.807) is 35.7 Å². The van der Waals surface area contributed by atoms with Gasteiger partial charge in [0.15, 0.2) is 5.13 Å². The monoisotopic (exact) mass is 479 g/mol. The van der Waals surface area contributed by atoms with Crippen LogP contribution in [0.1, 0.15) is 21.6 Å². The minimum atomic E-state index is -0.619. The second-order valence-corrected chi connectivity index (χ2v) is 8.09. The third kappa shape index (κ3) is 6.23. The van der Waals surface area contributed by atoms with E-state index in [-0.39, 0.29) is 28.8 Å². The van der Waals surface area contributed by atoms with Gasteiger partial charge >= 0.3 is 0 Å². The van der Waals surface area contributed by atoms with Crippen molar-refractivity contribution >= 4 is 28.3 Å². The van der Waals surface area contributed by atoms with Crippen molar-refractivity contribution < 1.29 is 23.1 Å². The molecule has 0 saturated carbocycles. The second-order valence-electron chi connectivity index (χ2n) is 7.23. The average molecular weight is 480 g/mol. The fraction of sp³-hybridized carbons (Fsp3) is 0.0800. The van der Waals surface area contributed by atoms with Crippen LogP contribution < -0.4 is 15.4 Å². The minimum Gasteiger partial charge on any atom is -0.457 e. The molecule has 34 heavy (non-hydrogen) atoms. The van der Waals surface area contributed by atoms with E-state index in [0.29, 0.717) is 23.7 Å². The molecule has 0 spiro atoms. The van der Waals surface area contributed by atoms with Gasteiger partial charge in [0.25, 0.3) is 5.91 Å². The maximum absolute atomic E-state index is 13.7. The largest absolute Gasteiger partial charge is 0.457 e. The lowest BCUT2D eigenvalue weighted by Gasteiger charge is -2.08. The Balaban J connectivity index is 1.25. The second kappa shape index (κ2) is 10.7. The van der Waals surface area contributed by atoms with E-state index in [1.807, 2.05) is 12.1 Å². The number of carbonyl (C=O) groups excluding carboxylic acids is 2. The number of rotatable bonds is 8. The van der Waals surface area contributed by atoms with Crippen molar-refractivity contribution in [3.63, 3.8) is 0 Å². The SMILES string of the molecule is O=C(Cc1csc(NC(=O)c2ccccc2F)n1)NCc1ccc(Oc2ccc(F)cc2)cc1. The summed E-state index contributed by atoms with van der Waals surface area (Å²) >= 11 is 1.16. The van der Waals surface area contributed by atoms with E-state index in [9.17, 15) is 18.4 Å². The number of nitrogens with zero attached hydrogens (tertiary/aromatic N) is 1. The van der Waals surface area contributed by atoms with Gasteiger partial charge in [-0.2, -0.15) is 0 Å². The average Bonchev–Trinajstić information content (AvgIpc) is 3.26. The number of aromatic nitrogens is 1. The quantitative estimate of drug-likeness (QED) is 0.358. The molecule has 3 aromatic carbocycles. The zero-order valence-electron chi connectivity index (χ0n) is 17.8. The molecule has 9 heteroatoms. The molecule has 0 aliphatic heterocycles. The van der Waals surface area contributed by atoms with Crippen LogP contribution in [-0.2, 0) is 17.8 Å². The molecule has 0 aliphatic rings. The van der Waals surface area contributed by atoms with Gasteiger partial charge < -0.3 is 10.1 Å². The molecular weight excluding hydrogens is 460 g/mol. The molecule has 4 aromatic rings. The number of carbonyl (C=O) groups is 2. The number of thiazole rings is 1. The van der Waals surface area contributed by atoms with E-state index in [4.69, 9.17) is 4.74 Å². The number of anilines is 1. The Morgan fingerprint density at radius 3 is 2.29 bits per heavy atom. The summed E-state index contributed by atoms with van der Waals surface area (Å²) in [5, 5.41) is 7.30. The maximum Gasteiger partial charge on any atom is 0.260 e. The van der Waals surface area contributed by atoms with Crippen molar-refractivity contribution in [1.82, 2.24) is 10.3 Å². The smallest absolute Gasteiger partial charge is 0.260 e. The van der Waals surface area contributed by atoms with Crippen LogP contribution in [0.15, 0.2) is 78.2 Å². The van der Waals surface area contributed by atoms with Crippen LogP contribution in [0.2, 0.25) is 0 Å². The van der Waals surface area contributed by atoms with Gasteiger partial charge in [0.05, 0.1) is 17.7 Å². The first-order chi connectivity index (χ1) is 16.5. The normalized spacial score (nSPS) is 10.5. The predicted molar refractivity (Wildman–Crippen MR) is 125 cm³/mol. The van der Waals surface area contributed by atoms with Crippen molar-refractivity contribution in [3.05, 3.63) is 107 Å². The van der Waals surface area contributed by atoms with Crippen molar-refractivity contribution in [3.8, 4) is 11.5 Å². The van der Waals surface area contributed by atoms with Gasteiger partial charge in [-0.15, -0.1) is 11.3 Å². The van der Waals surface area contributed by atoms with Crippen molar-refractivity contribution in [2.75, 3.05) is 5.32 Å². The fourth-order valence-corrected chi connectivity index (χ4v) is 3.70. The molecule has 0 atom stereocenters. The van der Waals surface area contributed by atoms with E-state index >= 15 is 0 Å². The zero-order chi connectivity index (χ0) is 23.9. The van der Waals surface area contributed by atoms with Gasteiger partial charge in [-0.25, -0.2) is 13.8 Å². The predicted octanol–water partition coefficient (Wildman–Crippen LogP) is 5.32. The van der Waals surface area contributed by atoms with E-state index < -0.39 is 11.7 Å². The number of amides is 2. The maximum atomic E-state index is 13.7. The Hall–Kier alpha value is -4.11. The molecule has 0 aliphatic carbocycles. The van der Waals surface area contributed by atoms with Crippen molar-refractivity contribution in [2.45, 2.75) is 13.0 Å². The molecule has 0 bridgehead atoms. The highest BCUT2D eigenvalue weighted by molar-refractivity contribution is 7.14. The summed E-state index contributed by atoms with van der Waals surface area (Å²) in [7, 11) is 0. The highest BCUT2D eigenvalue weighted by Crippen LogP contribution is 2.22. The molecule has 0 unspecified atom stereocenters. The van der Waals surface area contributed by atoms with Crippen LogP contribution in [0.3, 0.4) is 0 Å². The standard InChI is InChI=1S/C25H19F2N3O3S/c26-17-7-11-20(12-8-17)33-19-9-5-16(6-10-19)14-28-23(31)13-18-15-34-25(29-18)30-24(32)21-3-1-2-4-22(21)27/h1-12,15H,13-14H2,(H,28,31)(H,29,30,32). The molecule has 4 rings (SSSR count). The summed E-state index contributed by atoms with van der Waals surface area (Å²) in [5.74, 6) is -0.672. The number of hydrogen-bond donors (Lipinski definition) is 2. The summed E-state index contributed by atoms with van der Waals surface area (Å²) < 4.78 is 32.3. The van der Waals surface area contributed by atoms with Crippen LogP contribution >= 0.6 is 11.3 Å². The summed E-state index contributed by atoms with van der Waals surface area (Å²) in [6.45, 7) is 0.316. The van der Waals surface area contributed by atoms with Crippen LogP contribution in [0, 0.1) is 11.6 Å². The van der Waals surface area contributed by atoms with Crippen LogP contribution in [0.25, 0.3) is 0 Å². The summed E-state index contributed by atoms with van der Waals surface area (Å²) in [4.78, 5) is 28.7. The van der Waals surface area contributed by atoms with Crippen molar-refractivity contribution in [1.29, 1.82) is 0 Å². The molecule has 2 amide bonds. The van der Waals surface area contributed by atoms with Gasteiger partial charge in [-0.3, -0.25) is 14.9 Å². The van der Waals surface area contributed by atoms with Gasteiger partial charge in [0.2, 0.25) is 5.91 Å². The molecule has 2 N–H and O–H groups in total. The summed E-state index contributed by atoms with van der Waals surface area (Å²) in [6, 6.07) is 18.5. The summed E-state index contributed by atoms with van der Waals surface area (Å²) in [6.07, 6.45) is 0.0395. The number of ether oxygens (including phenoxy) is 1. The van der Waals surface area contributed by atoms with Crippen LogP contribution in [-0.4, -0.2) is 16.8 Å².